The number of nitrogens with zero attached hydrogens (tertiary/aromatic N) is 2. The van der Waals surface area contributed by atoms with E-state index in [0.29, 0.717) is 6.42 Å². The standard InChI is InChI=1S/C13H13FN2/c1-13(2,3)7-9-5-10(8-15)12(14)11(6-9)16-4/h5-6H,7H2,1-3H3. The van der Waals surface area contributed by atoms with E-state index in [1.54, 1.807) is 6.07 Å². The normalized spacial score (nSPS) is 10.6. The smallest absolute Gasteiger partial charge is 0.223 e. The summed E-state index contributed by atoms with van der Waals surface area (Å²) < 4.78 is 13.4. The molecule has 0 spiro atoms. The molecule has 0 fully saturated rings. The Morgan fingerprint density at radius 2 is 2.06 bits per heavy atom. The lowest BCUT2D eigenvalue weighted by molar-refractivity contribution is 0.411. The molecule has 1 aromatic rings. The van der Waals surface area contributed by atoms with Crippen LogP contribution in [0.2, 0.25) is 0 Å². The predicted octanol–water partition coefficient (Wildman–Crippen LogP) is 3.84. The van der Waals surface area contributed by atoms with Crippen molar-refractivity contribution in [2.24, 2.45) is 5.41 Å². The van der Waals surface area contributed by atoms with Crippen molar-refractivity contribution in [1.29, 1.82) is 5.26 Å². The number of hydrogen-bond acceptors (Lipinski definition) is 1. The van der Waals surface area contributed by atoms with E-state index in [9.17, 15) is 4.39 Å². The summed E-state index contributed by atoms with van der Waals surface area (Å²) >= 11 is 0. The highest BCUT2D eigenvalue weighted by Gasteiger charge is 2.15. The van der Waals surface area contributed by atoms with E-state index in [1.165, 1.54) is 12.1 Å². The van der Waals surface area contributed by atoms with Gasteiger partial charge >= 0.3 is 0 Å². The van der Waals surface area contributed by atoms with Gasteiger partial charge in [0.15, 0.2) is 0 Å². The van der Waals surface area contributed by atoms with Crippen LogP contribution < -0.4 is 0 Å². The van der Waals surface area contributed by atoms with Crippen molar-refractivity contribution >= 4 is 5.69 Å². The average molecular weight is 216 g/mol. The summed E-state index contributed by atoms with van der Waals surface area (Å²) in [6, 6.07) is 4.82. The third-order valence-corrected chi connectivity index (χ3v) is 2.09. The predicted molar refractivity (Wildman–Crippen MR) is 60.5 cm³/mol. The van der Waals surface area contributed by atoms with Gasteiger partial charge in [-0.2, -0.15) is 5.26 Å². The monoisotopic (exact) mass is 216 g/mol. The van der Waals surface area contributed by atoms with Gasteiger partial charge < -0.3 is 0 Å². The Morgan fingerprint density at radius 3 is 2.50 bits per heavy atom. The first-order chi connectivity index (χ1) is 7.37. The van der Waals surface area contributed by atoms with E-state index >= 15 is 0 Å². The van der Waals surface area contributed by atoms with Crippen LogP contribution in [0.4, 0.5) is 10.1 Å². The van der Waals surface area contributed by atoms with Crippen molar-refractivity contribution in [3.8, 4) is 6.07 Å². The van der Waals surface area contributed by atoms with Gasteiger partial charge in [-0.25, -0.2) is 9.24 Å². The number of nitriles is 1. The third-order valence-electron chi connectivity index (χ3n) is 2.09. The molecule has 0 atom stereocenters. The molecule has 0 aliphatic carbocycles. The highest BCUT2D eigenvalue weighted by atomic mass is 19.1. The largest absolute Gasteiger partial charge is 0.235 e. The maximum atomic E-state index is 13.4. The molecular formula is C13H13FN2. The molecule has 82 valence electrons. The van der Waals surface area contributed by atoms with E-state index in [0.717, 1.165) is 5.56 Å². The summed E-state index contributed by atoms with van der Waals surface area (Å²) in [7, 11) is 0. The number of hydrogen-bond donors (Lipinski definition) is 0. The van der Waals surface area contributed by atoms with Crippen LogP contribution in [-0.2, 0) is 6.42 Å². The lowest BCUT2D eigenvalue weighted by Crippen LogP contribution is -2.09. The van der Waals surface area contributed by atoms with Gasteiger partial charge in [-0.1, -0.05) is 32.4 Å². The Bertz CT molecular complexity index is 449. The van der Waals surface area contributed by atoms with Gasteiger partial charge in [-0.05, 0) is 17.9 Å². The van der Waals surface area contributed by atoms with Crippen LogP contribution in [0.1, 0.15) is 31.9 Å². The molecule has 0 saturated heterocycles. The lowest BCUT2D eigenvalue weighted by atomic mass is 9.87. The summed E-state index contributed by atoms with van der Waals surface area (Å²) in [6.07, 6.45) is 0.713. The Balaban J connectivity index is 3.25. The maximum absolute atomic E-state index is 13.4. The quantitative estimate of drug-likeness (QED) is 0.655. The molecule has 0 saturated carbocycles. The summed E-state index contributed by atoms with van der Waals surface area (Å²) in [6.45, 7) is 13.0. The van der Waals surface area contributed by atoms with Gasteiger partial charge in [0.25, 0.3) is 0 Å². The fraction of sp³-hybridized carbons (Fsp3) is 0.385. The minimum absolute atomic E-state index is 0.0455. The summed E-state index contributed by atoms with van der Waals surface area (Å²) in [4.78, 5) is 3.09. The van der Waals surface area contributed by atoms with Crippen molar-refractivity contribution in [3.63, 3.8) is 0 Å². The first-order valence-electron chi connectivity index (χ1n) is 4.97. The Labute approximate surface area is 95.1 Å². The Morgan fingerprint density at radius 1 is 1.44 bits per heavy atom. The molecule has 0 unspecified atom stereocenters. The van der Waals surface area contributed by atoms with E-state index < -0.39 is 5.82 Å². The zero-order valence-corrected chi connectivity index (χ0v) is 9.63. The van der Waals surface area contributed by atoms with Crippen molar-refractivity contribution < 1.29 is 4.39 Å². The van der Waals surface area contributed by atoms with Gasteiger partial charge in [-0.3, -0.25) is 0 Å². The lowest BCUT2D eigenvalue weighted by Gasteiger charge is -2.18. The van der Waals surface area contributed by atoms with Gasteiger partial charge in [-0.15, -0.1) is 0 Å². The third kappa shape index (κ3) is 2.81. The van der Waals surface area contributed by atoms with Crippen LogP contribution in [0.5, 0.6) is 0 Å². The molecule has 0 N–H and O–H groups in total. The van der Waals surface area contributed by atoms with Crippen LogP contribution in [0.15, 0.2) is 12.1 Å². The van der Waals surface area contributed by atoms with Crippen LogP contribution >= 0.6 is 0 Å². The number of rotatable bonds is 1. The topological polar surface area (TPSA) is 28.1 Å². The molecule has 3 heteroatoms. The number of benzene rings is 1. The highest BCUT2D eigenvalue weighted by molar-refractivity contribution is 5.54. The van der Waals surface area contributed by atoms with Crippen LogP contribution in [-0.4, -0.2) is 0 Å². The van der Waals surface area contributed by atoms with Crippen molar-refractivity contribution in [1.82, 2.24) is 0 Å². The summed E-state index contributed by atoms with van der Waals surface area (Å²) in [5.41, 5.74) is 0.756. The first kappa shape index (κ1) is 12.2. The molecule has 0 amide bonds. The summed E-state index contributed by atoms with van der Waals surface area (Å²) in [5.74, 6) is -0.713. The van der Waals surface area contributed by atoms with E-state index in [4.69, 9.17) is 11.8 Å². The van der Waals surface area contributed by atoms with Crippen LogP contribution in [0.3, 0.4) is 0 Å². The van der Waals surface area contributed by atoms with Crippen LogP contribution in [0, 0.1) is 29.1 Å². The number of halogens is 1. The molecule has 0 bridgehead atoms. The maximum Gasteiger partial charge on any atom is 0.223 e. The van der Waals surface area contributed by atoms with Crippen molar-refractivity contribution in [2.75, 3.05) is 0 Å². The molecule has 0 aliphatic heterocycles. The molecule has 0 aromatic heterocycles. The van der Waals surface area contributed by atoms with Crippen molar-refractivity contribution in [2.45, 2.75) is 27.2 Å². The molecule has 0 aliphatic rings. The summed E-state index contributed by atoms with van der Waals surface area (Å²) in [5, 5.41) is 8.77. The highest BCUT2D eigenvalue weighted by Crippen LogP contribution is 2.27. The second kappa shape index (κ2) is 4.33. The van der Waals surface area contributed by atoms with E-state index in [1.807, 2.05) is 0 Å². The van der Waals surface area contributed by atoms with Gasteiger partial charge in [0.1, 0.15) is 11.9 Å². The average Bonchev–Trinajstić information content (AvgIpc) is 2.18. The van der Waals surface area contributed by atoms with Crippen LogP contribution in [0.25, 0.3) is 4.85 Å². The minimum atomic E-state index is -0.713. The van der Waals surface area contributed by atoms with Gasteiger partial charge in [0.2, 0.25) is 5.69 Å². The second-order valence-corrected chi connectivity index (χ2v) is 4.94. The SMILES string of the molecule is [C-]#[N+]c1cc(CC(C)(C)C)cc(C#N)c1F. The Hall–Kier alpha value is -1.87. The fourth-order valence-electron chi connectivity index (χ4n) is 1.54. The molecule has 16 heavy (non-hydrogen) atoms. The molecule has 0 heterocycles. The molecule has 2 nitrogen and oxygen atoms in total. The van der Waals surface area contributed by atoms with E-state index in [2.05, 4.69) is 25.6 Å². The molecule has 1 rings (SSSR count). The zero-order valence-electron chi connectivity index (χ0n) is 9.63. The molecule has 0 radical (unpaired) electrons. The van der Waals surface area contributed by atoms with Gasteiger partial charge in [0.05, 0.1) is 12.1 Å². The van der Waals surface area contributed by atoms with E-state index in [-0.39, 0.29) is 16.7 Å². The van der Waals surface area contributed by atoms with Gasteiger partial charge in [0, 0.05) is 0 Å². The first-order valence-corrected chi connectivity index (χ1v) is 4.97. The molecular weight excluding hydrogens is 203 g/mol. The zero-order chi connectivity index (χ0) is 12.3. The second-order valence-electron chi connectivity index (χ2n) is 4.94. The fourth-order valence-corrected chi connectivity index (χ4v) is 1.54. The minimum Gasteiger partial charge on any atom is -0.235 e. The molecule has 1 aromatic carbocycles. The van der Waals surface area contributed by atoms with Crippen molar-refractivity contribution in [3.05, 3.63) is 40.5 Å². The Kier molecular flexibility index (Phi) is 3.30.